The molecule has 1 aliphatic heterocycles. The number of carbonyl (C=O) groups excluding carboxylic acids is 2. The molecule has 0 spiro atoms. The lowest BCUT2D eigenvalue weighted by molar-refractivity contribution is -0.146. The number of piperazine rings is 1. The zero-order valence-corrected chi connectivity index (χ0v) is 12.6. The Morgan fingerprint density at radius 1 is 1.16 bits per heavy atom. The molecule has 1 saturated carbocycles. The third-order valence-corrected chi connectivity index (χ3v) is 5.24. The van der Waals surface area contributed by atoms with Crippen molar-refractivity contribution in [3.05, 3.63) is 0 Å². The van der Waals surface area contributed by atoms with Crippen molar-refractivity contribution in [2.45, 2.75) is 33.6 Å². The average Bonchev–Trinajstić information content (AvgIpc) is 2.34. The lowest BCUT2D eigenvalue weighted by Gasteiger charge is -2.51. The Morgan fingerprint density at radius 3 is 2.21 bits per heavy atom. The molecule has 2 atom stereocenters. The summed E-state index contributed by atoms with van der Waals surface area (Å²) in [5.41, 5.74) is -0.00588. The van der Waals surface area contributed by atoms with E-state index in [-0.39, 0.29) is 23.0 Å². The first kappa shape index (κ1) is 14.5. The molecule has 1 saturated heterocycles. The second kappa shape index (κ2) is 5.23. The molecule has 1 aliphatic carbocycles. The minimum atomic E-state index is -0.00588. The van der Waals surface area contributed by atoms with Crippen molar-refractivity contribution in [2.75, 3.05) is 33.2 Å². The van der Waals surface area contributed by atoms with E-state index in [2.05, 4.69) is 25.8 Å². The first-order chi connectivity index (χ1) is 8.82. The quantitative estimate of drug-likeness (QED) is 0.775. The monoisotopic (exact) mass is 266 g/mol. The summed E-state index contributed by atoms with van der Waals surface area (Å²) in [6, 6.07) is 0. The Labute approximate surface area is 116 Å². The summed E-state index contributed by atoms with van der Waals surface area (Å²) in [7, 11) is 2.09. The molecule has 0 aromatic carbocycles. The van der Waals surface area contributed by atoms with E-state index < -0.39 is 0 Å². The van der Waals surface area contributed by atoms with Crippen molar-refractivity contribution in [2.24, 2.45) is 17.3 Å². The largest absolute Gasteiger partial charge is 0.340 e. The van der Waals surface area contributed by atoms with Crippen LogP contribution in [0.15, 0.2) is 0 Å². The number of hydrogen-bond acceptors (Lipinski definition) is 3. The molecule has 0 aromatic rings. The van der Waals surface area contributed by atoms with E-state index in [4.69, 9.17) is 0 Å². The van der Waals surface area contributed by atoms with Gasteiger partial charge >= 0.3 is 0 Å². The predicted molar refractivity (Wildman–Crippen MR) is 74.8 cm³/mol. The van der Waals surface area contributed by atoms with Crippen LogP contribution in [0.2, 0.25) is 0 Å². The molecule has 4 nitrogen and oxygen atoms in total. The number of rotatable bonds is 3. The number of likely N-dealkylation sites (N-methyl/N-ethyl adjacent to an activating group) is 1. The van der Waals surface area contributed by atoms with Gasteiger partial charge in [-0.15, -0.1) is 0 Å². The van der Waals surface area contributed by atoms with Crippen molar-refractivity contribution >= 4 is 11.7 Å². The van der Waals surface area contributed by atoms with Gasteiger partial charge in [0, 0.05) is 38.5 Å². The van der Waals surface area contributed by atoms with Crippen LogP contribution in [-0.4, -0.2) is 54.7 Å². The van der Waals surface area contributed by atoms with E-state index in [9.17, 15) is 9.59 Å². The van der Waals surface area contributed by atoms with Crippen LogP contribution in [0.5, 0.6) is 0 Å². The summed E-state index contributed by atoms with van der Waals surface area (Å²) >= 11 is 0. The van der Waals surface area contributed by atoms with Gasteiger partial charge in [-0.3, -0.25) is 9.59 Å². The van der Waals surface area contributed by atoms with Gasteiger partial charge < -0.3 is 9.80 Å². The molecule has 2 rings (SSSR count). The van der Waals surface area contributed by atoms with E-state index in [1.54, 1.807) is 6.92 Å². The molecule has 1 heterocycles. The standard InChI is InChI=1S/C15H26N2O2/c1-11(18)13-9-12(15(13,2)3)10-14(19)17-7-5-16(4)6-8-17/h12-13H,5-10H2,1-4H3. The maximum absolute atomic E-state index is 12.3. The zero-order chi connectivity index (χ0) is 14.2. The van der Waals surface area contributed by atoms with Crippen LogP contribution in [0.1, 0.15) is 33.6 Å². The van der Waals surface area contributed by atoms with Gasteiger partial charge in [0.05, 0.1) is 0 Å². The third-order valence-electron chi connectivity index (χ3n) is 5.24. The molecule has 0 N–H and O–H groups in total. The number of ketones is 1. The smallest absolute Gasteiger partial charge is 0.222 e. The highest BCUT2D eigenvalue weighted by molar-refractivity contribution is 5.81. The van der Waals surface area contributed by atoms with E-state index in [0.717, 1.165) is 32.6 Å². The highest BCUT2D eigenvalue weighted by Gasteiger charge is 2.50. The molecule has 0 aromatic heterocycles. The predicted octanol–water partition coefficient (Wildman–Crippen LogP) is 1.40. The SMILES string of the molecule is CC(=O)C1CC(CC(=O)N2CCN(C)CC2)C1(C)C. The maximum atomic E-state index is 12.3. The highest BCUT2D eigenvalue weighted by Crippen LogP contribution is 2.53. The van der Waals surface area contributed by atoms with Crippen LogP contribution < -0.4 is 0 Å². The van der Waals surface area contributed by atoms with Gasteiger partial charge in [-0.25, -0.2) is 0 Å². The molecule has 2 aliphatic rings. The van der Waals surface area contributed by atoms with E-state index in [0.29, 0.717) is 12.3 Å². The highest BCUT2D eigenvalue weighted by atomic mass is 16.2. The van der Waals surface area contributed by atoms with Gasteiger partial charge in [0.1, 0.15) is 5.78 Å². The van der Waals surface area contributed by atoms with Crippen LogP contribution in [0, 0.1) is 17.3 Å². The summed E-state index contributed by atoms with van der Waals surface area (Å²) in [4.78, 5) is 28.0. The molecular weight excluding hydrogens is 240 g/mol. The minimum absolute atomic E-state index is 0.00588. The van der Waals surface area contributed by atoms with Crippen molar-refractivity contribution < 1.29 is 9.59 Å². The maximum Gasteiger partial charge on any atom is 0.222 e. The van der Waals surface area contributed by atoms with E-state index >= 15 is 0 Å². The summed E-state index contributed by atoms with van der Waals surface area (Å²) in [5.74, 6) is 1.06. The fourth-order valence-electron chi connectivity index (χ4n) is 3.45. The lowest BCUT2D eigenvalue weighted by atomic mass is 9.52. The van der Waals surface area contributed by atoms with Gasteiger partial charge in [-0.05, 0) is 31.7 Å². The third kappa shape index (κ3) is 2.83. The van der Waals surface area contributed by atoms with Crippen LogP contribution in [0.3, 0.4) is 0 Å². The summed E-state index contributed by atoms with van der Waals surface area (Å²) < 4.78 is 0. The molecule has 2 fully saturated rings. The summed E-state index contributed by atoms with van der Waals surface area (Å²) in [5, 5.41) is 0. The Morgan fingerprint density at radius 2 is 1.74 bits per heavy atom. The van der Waals surface area contributed by atoms with Gasteiger partial charge in [0.25, 0.3) is 0 Å². The van der Waals surface area contributed by atoms with Gasteiger partial charge in [0.2, 0.25) is 5.91 Å². The van der Waals surface area contributed by atoms with Gasteiger partial charge in [-0.1, -0.05) is 13.8 Å². The first-order valence-electron chi connectivity index (χ1n) is 7.29. The Kier molecular flexibility index (Phi) is 4.00. The lowest BCUT2D eigenvalue weighted by Crippen LogP contribution is -2.52. The zero-order valence-electron chi connectivity index (χ0n) is 12.6. The van der Waals surface area contributed by atoms with Crippen LogP contribution in [0.4, 0.5) is 0 Å². The fourth-order valence-corrected chi connectivity index (χ4v) is 3.45. The molecule has 4 heteroatoms. The fraction of sp³-hybridized carbons (Fsp3) is 0.867. The van der Waals surface area contributed by atoms with Gasteiger partial charge in [-0.2, -0.15) is 0 Å². The number of Topliss-reactive ketones (excluding diaryl/α,β-unsaturated/α-hetero) is 1. The molecule has 2 unspecified atom stereocenters. The first-order valence-corrected chi connectivity index (χ1v) is 7.29. The molecule has 0 bridgehead atoms. The van der Waals surface area contributed by atoms with Crippen molar-refractivity contribution in [3.63, 3.8) is 0 Å². The van der Waals surface area contributed by atoms with Crippen LogP contribution in [-0.2, 0) is 9.59 Å². The van der Waals surface area contributed by atoms with Crippen molar-refractivity contribution in [3.8, 4) is 0 Å². The van der Waals surface area contributed by atoms with Gasteiger partial charge in [0.15, 0.2) is 0 Å². The second-order valence-corrected chi connectivity index (χ2v) is 6.81. The number of hydrogen-bond donors (Lipinski definition) is 0. The number of carbonyl (C=O) groups is 2. The Balaban J connectivity index is 1.86. The molecule has 19 heavy (non-hydrogen) atoms. The average molecular weight is 266 g/mol. The number of nitrogens with zero attached hydrogens (tertiary/aromatic N) is 2. The molecule has 0 radical (unpaired) electrons. The second-order valence-electron chi connectivity index (χ2n) is 6.81. The van der Waals surface area contributed by atoms with Crippen LogP contribution >= 0.6 is 0 Å². The minimum Gasteiger partial charge on any atom is -0.340 e. The normalized spacial score (nSPS) is 30.8. The Hall–Kier alpha value is -0.900. The summed E-state index contributed by atoms with van der Waals surface area (Å²) in [6.07, 6.45) is 1.50. The summed E-state index contributed by atoms with van der Waals surface area (Å²) in [6.45, 7) is 9.56. The van der Waals surface area contributed by atoms with Crippen LogP contribution in [0.25, 0.3) is 0 Å². The molecule has 108 valence electrons. The van der Waals surface area contributed by atoms with Crippen molar-refractivity contribution in [1.82, 2.24) is 9.80 Å². The van der Waals surface area contributed by atoms with E-state index in [1.807, 2.05) is 4.90 Å². The topological polar surface area (TPSA) is 40.6 Å². The molecular formula is C15H26N2O2. The van der Waals surface area contributed by atoms with E-state index in [1.165, 1.54) is 0 Å². The number of amides is 1. The van der Waals surface area contributed by atoms with Crippen molar-refractivity contribution in [1.29, 1.82) is 0 Å². The molecule has 1 amide bonds. The Bertz CT molecular complexity index is 370.